The number of anilines is 1. The van der Waals surface area contributed by atoms with Crippen LogP contribution in [0.15, 0.2) is 30.5 Å². The summed E-state index contributed by atoms with van der Waals surface area (Å²) in [6.07, 6.45) is 0.446. The Labute approximate surface area is 154 Å². The smallest absolute Gasteiger partial charge is 0.416 e. The first-order valence-electron chi connectivity index (χ1n) is 7.61. The molecule has 1 N–H and O–H groups in total. The third-order valence-corrected chi connectivity index (χ3v) is 4.72. The van der Waals surface area contributed by atoms with Crippen molar-refractivity contribution in [2.24, 2.45) is 0 Å². The van der Waals surface area contributed by atoms with E-state index in [9.17, 15) is 4.79 Å². The van der Waals surface area contributed by atoms with Gasteiger partial charge in [-0.3, -0.25) is 4.90 Å². The standard InChI is InChI=1S/C17H16Cl2N2O4/c1-10-2-4-14(18)13(16(10)19)9-24-11-3-5-15(20-6-11)21-7-12(8-22)25-17(21)23/h2-6,12,22H,7-9H2,1H3. The molecule has 0 saturated carbocycles. The second kappa shape index (κ2) is 7.47. The van der Waals surface area contributed by atoms with Crippen LogP contribution in [0.5, 0.6) is 5.75 Å². The van der Waals surface area contributed by atoms with Crippen LogP contribution in [0.2, 0.25) is 10.0 Å². The van der Waals surface area contributed by atoms with Gasteiger partial charge in [0.2, 0.25) is 0 Å². The molecule has 1 atom stereocenters. The summed E-state index contributed by atoms with van der Waals surface area (Å²) in [4.78, 5) is 17.3. The zero-order chi connectivity index (χ0) is 18.0. The van der Waals surface area contributed by atoms with Gasteiger partial charge in [0.05, 0.1) is 24.4 Å². The summed E-state index contributed by atoms with van der Waals surface area (Å²) in [6, 6.07) is 6.97. The van der Waals surface area contributed by atoms with E-state index in [1.165, 1.54) is 11.1 Å². The average molecular weight is 383 g/mol. The van der Waals surface area contributed by atoms with Crippen molar-refractivity contribution in [3.8, 4) is 5.75 Å². The normalized spacial score (nSPS) is 16.9. The molecule has 0 bridgehead atoms. The maximum Gasteiger partial charge on any atom is 0.416 e. The largest absolute Gasteiger partial charge is 0.487 e. The zero-order valence-corrected chi connectivity index (χ0v) is 14.9. The van der Waals surface area contributed by atoms with Gasteiger partial charge in [0.15, 0.2) is 0 Å². The number of amides is 1. The minimum atomic E-state index is -0.532. The van der Waals surface area contributed by atoms with Crippen molar-refractivity contribution in [1.29, 1.82) is 0 Å². The quantitative estimate of drug-likeness (QED) is 0.855. The summed E-state index contributed by atoms with van der Waals surface area (Å²) in [6.45, 7) is 2.14. The molecule has 1 aliphatic heterocycles. The van der Waals surface area contributed by atoms with Gasteiger partial charge in [0, 0.05) is 10.6 Å². The molecular formula is C17H16Cl2N2O4. The molecule has 1 unspecified atom stereocenters. The number of aromatic nitrogens is 1. The molecule has 6 nitrogen and oxygen atoms in total. The first-order chi connectivity index (χ1) is 12.0. The summed E-state index contributed by atoms with van der Waals surface area (Å²) >= 11 is 12.4. The number of aliphatic hydroxyl groups is 1. The Morgan fingerprint density at radius 3 is 2.80 bits per heavy atom. The molecule has 0 spiro atoms. The third-order valence-electron chi connectivity index (χ3n) is 3.84. The molecule has 1 fully saturated rings. The summed E-state index contributed by atoms with van der Waals surface area (Å²) in [5.74, 6) is 0.948. The fourth-order valence-corrected chi connectivity index (χ4v) is 2.90. The van der Waals surface area contributed by atoms with E-state index in [0.717, 1.165) is 5.56 Å². The molecule has 2 aromatic rings. The van der Waals surface area contributed by atoms with Gasteiger partial charge in [0.25, 0.3) is 0 Å². The van der Waals surface area contributed by atoms with Crippen LogP contribution in [0, 0.1) is 6.92 Å². The van der Waals surface area contributed by atoms with Gasteiger partial charge in [-0.1, -0.05) is 29.3 Å². The van der Waals surface area contributed by atoms with Crippen molar-refractivity contribution in [2.45, 2.75) is 19.6 Å². The molecule has 1 amide bonds. The number of carbonyl (C=O) groups excluding carboxylic acids is 1. The van der Waals surface area contributed by atoms with Gasteiger partial charge in [-0.25, -0.2) is 9.78 Å². The Morgan fingerprint density at radius 1 is 1.36 bits per heavy atom. The van der Waals surface area contributed by atoms with E-state index in [4.69, 9.17) is 37.8 Å². The molecule has 3 rings (SSSR count). The van der Waals surface area contributed by atoms with Crippen LogP contribution >= 0.6 is 23.2 Å². The second-order valence-electron chi connectivity index (χ2n) is 5.60. The number of carbonyl (C=O) groups is 1. The summed E-state index contributed by atoms with van der Waals surface area (Å²) in [5, 5.41) is 10.2. The first kappa shape index (κ1) is 17.8. The highest BCUT2D eigenvalue weighted by atomic mass is 35.5. The number of hydrogen-bond acceptors (Lipinski definition) is 5. The van der Waals surface area contributed by atoms with Crippen LogP contribution in [-0.4, -0.2) is 35.4 Å². The Hall–Kier alpha value is -2.02. The van der Waals surface area contributed by atoms with Crippen LogP contribution in [0.1, 0.15) is 11.1 Å². The number of hydrogen-bond donors (Lipinski definition) is 1. The maximum absolute atomic E-state index is 11.7. The predicted octanol–water partition coefficient (Wildman–Crippen LogP) is 3.59. The fourth-order valence-electron chi connectivity index (χ4n) is 2.42. The highest BCUT2D eigenvalue weighted by molar-refractivity contribution is 6.36. The number of ether oxygens (including phenoxy) is 2. The average Bonchev–Trinajstić information content (AvgIpc) is 3.00. The monoisotopic (exact) mass is 382 g/mol. The number of aliphatic hydroxyl groups excluding tert-OH is 1. The van der Waals surface area contributed by atoms with Crippen molar-refractivity contribution in [2.75, 3.05) is 18.1 Å². The van der Waals surface area contributed by atoms with Crippen molar-refractivity contribution >= 4 is 35.1 Å². The SMILES string of the molecule is Cc1ccc(Cl)c(COc2ccc(N3CC(CO)OC3=O)nc2)c1Cl. The van der Waals surface area contributed by atoms with Crippen LogP contribution in [-0.2, 0) is 11.3 Å². The molecule has 8 heteroatoms. The number of rotatable bonds is 5. The van der Waals surface area contributed by atoms with Gasteiger partial charge in [-0.05, 0) is 30.7 Å². The van der Waals surface area contributed by atoms with Gasteiger partial charge >= 0.3 is 6.09 Å². The van der Waals surface area contributed by atoms with Gasteiger partial charge in [0.1, 0.15) is 24.3 Å². The van der Waals surface area contributed by atoms with Crippen LogP contribution in [0.3, 0.4) is 0 Å². The lowest BCUT2D eigenvalue weighted by Crippen LogP contribution is -2.26. The minimum Gasteiger partial charge on any atom is -0.487 e. The molecule has 132 valence electrons. The van der Waals surface area contributed by atoms with Crippen molar-refractivity contribution in [1.82, 2.24) is 4.98 Å². The summed E-state index contributed by atoms with van der Waals surface area (Å²) in [5.41, 5.74) is 1.63. The second-order valence-corrected chi connectivity index (χ2v) is 6.38. The van der Waals surface area contributed by atoms with E-state index in [2.05, 4.69) is 4.98 Å². The molecule has 1 aromatic carbocycles. The van der Waals surface area contributed by atoms with Crippen LogP contribution in [0.25, 0.3) is 0 Å². The molecular weight excluding hydrogens is 367 g/mol. The van der Waals surface area contributed by atoms with E-state index in [0.29, 0.717) is 27.2 Å². The topological polar surface area (TPSA) is 71.9 Å². The van der Waals surface area contributed by atoms with Crippen molar-refractivity contribution in [3.63, 3.8) is 0 Å². The molecule has 0 radical (unpaired) electrons. The maximum atomic E-state index is 11.7. The van der Waals surface area contributed by atoms with Crippen molar-refractivity contribution in [3.05, 3.63) is 51.6 Å². The lowest BCUT2D eigenvalue weighted by molar-refractivity contribution is 0.0963. The molecule has 1 aromatic heterocycles. The molecule has 25 heavy (non-hydrogen) atoms. The zero-order valence-electron chi connectivity index (χ0n) is 13.4. The Balaban J connectivity index is 1.68. The van der Waals surface area contributed by atoms with Crippen molar-refractivity contribution < 1.29 is 19.4 Å². The number of cyclic esters (lactones) is 1. The van der Waals surface area contributed by atoms with E-state index < -0.39 is 12.2 Å². The number of benzene rings is 1. The highest BCUT2D eigenvalue weighted by Crippen LogP contribution is 2.29. The highest BCUT2D eigenvalue weighted by Gasteiger charge is 2.32. The van der Waals surface area contributed by atoms with Gasteiger partial charge in [-0.2, -0.15) is 0 Å². The van der Waals surface area contributed by atoms with E-state index in [1.807, 2.05) is 13.0 Å². The van der Waals surface area contributed by atoms with Crippen LogP contribution in [0.4, 0.5) is 10.6 Å². The van der Waals surface area contributed by atoms with Gasteiger partial charge in [-0.15, -0.1) is 0 Å². The Kier molecular flexibility index (Phi) is 5.32. The summed E-state index contributed by atoms with van der Waals surface area (Å²) in [7, 11) is 0. The summed E-state index contributed by atoms with van der Waals surface area (Å²) < 4.78 is 10.7. The lowest BCUT2D eigenvalue weighted by Gasteiger charge is -2.13. The van der Waals surface area contributed by atoms with Crippen LogP contribution < -0.4 is 9.64 Å². The van der Waals surface area contributed by atoms with Gasteiger partial charge < -0.3 is 14.6 Å². The van der Waals surface area contributed by atoms with E-state index in [1.54, 1.807) is 18.2 Å². The Morgan fingerprint density at radius 2 is 2.16 bits per heavy atom. The molecule has 1 saturated heterocycles. The lowest BCUT2D eigenvalue weighted by atomic mass is 10.1. The third kappa shape index (κ3) is 3.81. The number of pyridine rings is 1. The predicted molar refractivity (Wildman–Crippen MR) is 94.5 cm³/mol. The number of halogens is 2. The number of aryl methyl sites for hydroxylation is 1. The Bertz CT molecular complexity index is 783. The fraction of sp³-hybridized carbons (Fsp3) is 0.294. The van der Waals surface area contributed by atoms with E-state index >= 15 is 0 Å². The molecule has 2 heterocycles. The van der Waals surface area contributed by atoms with E-state index in [-0.39, 0.29) is 19.8 Å². The molecule has 1 aliphatic rings. The minimum absolute atomic E-state index is 0.207. The first-order valence-corrected chi connectivity index (χ1v) is 8.36. The number of nitrogens with zero attached hydrogens (tertiary/aromatic N) is 2. The molecule has 0 aliphatic carbocycles.